The second-order valence-electron chi connectivity index (χ2n) is 8.19. The van der Waals surface area contributed by atoms with Crippen LogP contribution in [0.3, 0.4) is 0 Å². The number of carbonyl (C=O) groups excluding carboxylic acids is 1. The summed E-state index contributed by atoms with van der Waals surface area (Å²) in [5.74, 6) is -1.16. The summed E-state index contributed by atoms with van der Waals surface area (Å²) in [6.45, 7) is -0.0699. The Balaban J connectivity index is 1.43. The molecule has 180 valence electrons. The number of hydrogen-bond donors (Lipinski definition) is 1. The molecule has 1 N–H and O–H groups in total. The fourth-order valence-electron chi connectivity index (χ4n) is 4.28. The van der Waals surface area contributed by atoms with Crippen molar-refractivity contribution in [3.05, 3.63) is 107 Å². The molecule has 0 unspecified atom stereocenters. The van der Waals surface area contributed by atoms with E-state index in [1.165, 1.54) is 4.90 Å². The molecule has 10 heteroatoms. The van der Waals surface area contributed by atoms with Gasteiger partial charge in [-0.05, 0) is 22.3 Å². The van der Waals surface area contributed by atoms with Crippen molar-refractivity contribution in [1.29, 1.82) is 0 Å². The first-order chi connectivity index (χ1) is 17.0. The minimum atomic E-state index is -4.31. The van der Waals surface area contributed by atoms with Crippen molar-refractivity contribution in [2.45, 2.75) is 25.3 Å². The molecule has 2 aliphatic heterocycles. The van der Waals surface area contributed by atoms with Gasteiger partial charge in [0.2, 0.25) is 0 Å². The third-order valence-corrected chi connectivity index (χ3v) is 7.20. The zero-order chi connectivity index (χ0) is 24.4. The lowest BCUT2D eigenvalue weighted by atomic mass is 9.91. The smallest absolute Gasteiger partial charge is 0.479 e. The number of hydrogen-bond acceptors (Lipinski definition) is 6. The van der Waals surface area contributed by atoms with E-state index in [1.807, 2.05) is 36.4 Å². The van der Waals surface area contributed by atoms with Crippen LogP contribution in [-0.4, -0.2) is 33.6 Å². The summed E-state index contributed by atoms with van der Waals surface area (Å²) in [7, 11) is -4.31. The Kier molecular flexibility index (Phi) is 6.40. The minimum Gasteiger partial charge on any atom is -0.479 e. The average molecular weight is 494 g/mol. The quantitative estimate of drug-likeness (QED) is 0.414. The van der Waals surface area contributed by atoms with Crippen LogP contribution in [0.5, 0.6) is 0 Å². The second kappa shape index (κ2) is 9.64. The van der Waals surface area contributed by atoms with Crippen molar-refractivity contribution < 1.29 is 32.9 Å². The highest BCUT2D eigenvalue weighted by Gasteiger charge is 2.53. The van der Waals surface area contributed by atoms with Gasteiger partial charge in [0.05, 0.1) is 19.8 Å². The molecule has 1 saturated heterocycles. The number of carboxylic acids is 1. The van der Waals surface area contributed by atoms with Gasteiger partial charge in [0.15, 0.2) is 6.04 Å². The molecule has 35 heavy (non-hydrogen) atoms. The van der Waals surface area contributed by atoms with E-state index < -0.39 is 31.9 Å². The number of fused-ring (bicyclic) bond motifs is 4. The maximum absolute atomic E-state index is 13.8. The van der Waals surface area contributed by atoms with E-state index >= 15 is 0 Å². The van der Waals surface area contributed by atoms with E-state index in [0.717, 1.165) is 16.2 Å². The summed E-state index contributed by atoms with van der Waals surface area (Å²) in [6, 6.07) is 22.5. The van der Waals surface area contributed by atoms with E-state index in [1.54, 1.807) is 48.5 Å². The van der Waals surface area contributed by atoms with E-state index in [0.29, 0.717) is 11.1 Å². The average Bonchev–Trinajstić information content (AvgIpc) is 3.14. The molecule has 2 aliphatic rings. The van der Waals surface area contributed by atoms with Gasteiger partial charge in [-0.1, -0.05) is 84.9 Å². The summed E-state index contributed by atoms with van der Waals surface area (Å²) < 4.78 is 30.8. The Morgan fingerprint density at radius 2 is 1.37 bits per heavy atom. The van der Waals surface area contributed by atoms with Crippen LogP contribution < -0.4 is 0 Å². The van der Waals surface area contributed by atoms with Gasteiger partial charge in [-0.3, -0.25) is 9.05 Å². The molecule has 2 heterocycles. The zero-order valence-electron chi connectivity index (χ0n) is 18.6. The Morgan fingerprint density at radius 3 is 1.91 bits per heavy atom. The number of amides is 2. The van der Waals surface area contributed by atoms with E-state index in [4.69, 9.17) is 13.7 Å². The van der Waals surface area contributed by atoms with Gasteiger partial charge in [0.1, 0.15) is 6.04 Å². The molecular weight excluding hydrogens is 471 g/mol. The van der Waals surface area contributed by atoms with Crippen molar-refractivity contribution in [3.8, 4) is 0 Å². The van der Waals surface area contributed by atoms with Gasteiger partial charge in [-0.2, -0.15) is 9.69 Å². The predicted octanol–water partition coefficient (Wildman–Crippen LogP) is 5.08. The number of urea groups is 1. The number of benzene rings is 3. The van der Waals surface area contributed by atoms with Crippen LogP contribution in [0.4, 0.5) is 4.79 Å². The maximum atomic E-state index is 13.8. The molecule has 1 fully saturated rings. The van der Waals surface area contributed by atoms with Gasteiger partial charge in [-0.25, -0.2) is 14.2 Å². The van der Waals surface area contributed by atoms with E-state index in [-0.39, 0.29) is 19.8 Å². The minimum absolute atomic E-state index is 0.0718. The Labute approximate surface area is 202 Å². The molecular formula is C25H23N2O7P. The number of aliphatic carboxylic acids is 1. The molecule has 5 rings (SSSR count). The third-order valence-electron chi connectivity index (χ3n) is 5.93. The number of nitrogens with zero attached hydrogens (tertiary/aromatic N) is 2. The monoisotopic (exact) mass is 494 g/mol. The number of phosphoric ester groups is 1. The van der Waals surface area contributed by atoms with Crippen molar-refractivity contribution >= 4 is 19.8 Å². The summed E-state index contributed by atoms with van der Waals surface area (Å²) in [5.41, 5.74) is 2.58. The number of carboxylic acid groups (broad SMARTS) is 1. The molecule has 0 spiro atoms. The van der Waals surface area contributed by atoms with Crippen LogP contribution in [0.15, 0.2) is 84.9 Å². The van der Waals surface area contributed by atoms with Gasteiger partial charge in [0.25, 0.3) is 0 Å². The first kappa shape index (κ1) is 23.3. The first-order valence-corrected chi connectivity index (χ1v) is 12.5. The summed E-state index contributed by atoms with van der Waals surface area (Å²) in [6.07, 6.45) is 0. The third kappa shape index (κ3) is 4.72. The van der Waals surface area contributed by atoms with E-state index in [2.05, 4.69) is 0 Å². The van der Waals surface area contributed by atoms with E-state index in [9.17, 15) is 19.3 Å². The topological polar surface area (TPSA) is 106 Å². The molecule has 0 aromatic heterocycles. The Hall–Kier alpha value is -3.49. The van der Waals surface area contributed by atoms with Gasteiger partial charge in [0, 0.05) is 0 Å². The van der Waals surface area contributed by atoms with Gasteiger partial charge in [-0.15, -0.1) is 0 Å². The number of carbonyl (C=O) groups is 2. The van der Waals surface area contributed by atoms with Crippen molar-refractivity contribution in [2.75, 3.05) is 6.54 Å². The van der Waals surface area contributed by atoms with Gasteiger partial charge >= 0.3 is 19.8 Å². The molecule has 2 amide bonds. The number of rotatable bonds is 9. The largest absolute Gasteiger partial charge is 0.497 e. The lowest BCUT2D eigenvalue weighted by Crippen LogP contribution is -2.38. The van der Waals surface area contributed by atoms with Crippen LogP contribution in [0.2, 0.25) is 0 Å². The lowest BCUT2D eigenvalue weighted by molar-refractivity contribution is -0.142. The maximum Gasteiger partial charge on any atom is 0.497 e. The molecule has 2 atom stereocenters. The van der Waals surface area contributed by atoms with Crippen molar-refractivity contribution in [2.24, 2.45) is 0 Å². The van der Waals surface area contributed by atoms with Crippen molar-refractivity contribution in [3.63, 3.8) is 0 Å². The van der Waals surface area contributed by atoms with Crippen LogP contribution in [0, 0.1) is 0 Å². The molecule has 0 saturated carbocycles. The molecule has 3 aromatic carbocycles. The van der Waals surface area contributed by atoms with Gasteiger partial charge < -0.3 is 10.0 Å². The summed E-state index contributed by atoms with van der Waals surface area (Å²) in [4.78, 5) is 26.4. The fraction of sp³-hybridized carbons (Fsp3) is 0.200. The lowest BCUT2D eigenvalue weighted by Gasteiger charge is -2.30. The molecule has 9 nitrogen and oxygen atoms in total. The molecule has 3 aromatic rings. The fourth-order valence-corrected chi connectivity index (χ4v) is 5.46. The highest BCUT2D eigenvalue weighted by Crippen LogP contribution is 2.55. The number of hydroxylamine groups is 2. The normalized spacial score (nSPS) is 19.0. The van der Waals surface area contributed by atoms with Crippen LogP contribution in [0.1, 0.15) is 34.3 Å². The first-order valence-electron chi connectivity index (χ1n) is 11.0. The summed E-state index contributed by atoms with van der Waals surface area (Å²) >= 11 is 0. The standard InChI is InChI=1S/C25H23N2O7P/c28-24(29)23-21-14-8-7-13-20(21)22-15-26(23)25(30)27(22)34-35(31,32-16-18-9-3-1-4-10-18)33-17-19-11-5-2-6-12-19/h1-14,22-23H,15-17H2,(H,28,29)/t22-,23-/m1/s1. The highest BCUT2D eigenvalue weighted by atomic mass is 31.2. The SMILES string of the molecule is O=C(O)[C@H]1c2ccccc2[C@H]2CN1C(=O)N2OP(=O)(OCc1ccccc1)OCc1ccccc1. The van der Waals surface area contributed by atoms with Crippen molar-refractivity contribution in [1.82, 2.24) is 9.96 Å². The van der Waals surface area contributed by atoms with Crippen LogP contribution in [-0.2, 0) is 36.2 Å². The Bertz CT molecular complexity index is 1220. The predicted molar refractivity (Wildman–Crippen MR) is 125 cm³/mol. The molecule has 2 bridgehead atoms. The summed E-state index contributed by atoms with van der Waals surface area (Å²) in [5, 5.41) is 10.7. The number of phosphoric acid groups is 1. The second-order valence-corrected chi connectivity index (χ2v) is 9.77. The highest BCUT2D eigenvalue weighted by molar-refractivity contribution is 7.48. The zero-order valence-corrected chi connectivity index (χ0v) is 19.5. The molecule has 0 aliphatic carbocycles. The molecule has 0 radical (unpaired) electrons. The van der Waals surface area contributed by atoms with Crippen LogP contribution >= 0.6 is 7.82 Å². The van der Waals surface area contributed by atoms with Crippen LogP contribution in [0.25, 0.3) is 0 Å². The Morgan fingerprint density at radius 1 is 0.857 bits per heavy atom.